The van der Waals surface area contributed by atoms with E-state index in [-0.39, 0.29) is 5.41 Å². The first-order chi connectivity index (χ1) is 15.1. The molecule has 1 fully saturated rings. The van der Waals surface area contributed by atoms with Gasteiger partial charge in [-0.1, -0.05) is 71.7 Å². The van der Waals surface area contributed by atoms with Gasteiger partial charge in [0.25, 0.3) is 0 Å². The highest BCUT2D eigenvalue weighted by atomic mass is 35.5. The van der Waals surface area contributed by atoms with Crippen molar-refractivity contribution in [3.63, 3.8) is 0 Å². The lowest BCUT2D eigenvalue weighted by Gasteiger charge is -2.40. The van der Waals surface area contributed by atoms with Crippen molar-refractivity contribution in [1.29, 1.82) is 0 Å². The highest BCUT2D eigenvalue weighted by Crippen LogP contribution is 2.60. The van der Waals surface area contributed by atoms with Gasteiger partial charge in [-0.3, -0.25) is 0 Å². The summed E-state index contributed by atoms with van der Waals surface area (Å²) >= 11 is 12.0. The number of nitrogens with one attached hydrogen (secondary N) is 1. The first-order valence-corrected chi connectivity index (χ1v) is 11.8. The molecule has 3 aromatic rings. The van der Waals surface area contributed by atoms with Gasteiger partial charge in [-0.2, -0.15) is 0 Å². The van der Waals surface area contributed by atoms with Crippen LogP contribution < -0.4 is 5.32 Å². The van der Waals surface area contributed by atoms with Gasteiger partial charge in [0.1, 0.15) is 10.3 Å². The summed E-state index contributed by atoms with van der Waals surface area (Å²) in [5, 5.41) is 4.16. The van der Waals surface area contributed by atoms with Crippen LogP contribution in [0.15, 0.2) is 54.6 Å². The second-order valence-corrected chi connectivity index (χ2v) is 9.82. The summed E-state index contributed by atoms with van der Waals surface area (Å²) in [4.78, 5) is 11.2. The molecule has 2 aliphatic carbocycles. The Morgan fingerprint density at radius 3 is 2.10 bits per heavy atom. The van der Waals surface area contributed by atoms with Crippen molar-refractivity contribution in [2.45, 2.75) is 36.6 Å². The molecule has 0 saturated carbocycles. The number of halogens is 2. The molecule has 4 nitrogen and oxygen atoms in total. The van der Waals surface area contributed by atoms with Crippen molar-refractivity contribution in [2.24, 2.45) is 0 Å². The van der Waals surface area contributed by atoms with E-state index in [2.05, 4.69) is 68.7 Å². The Balaban J connectivity index is 1.20. The summed E-state index contributed by atoms with van der Waals surface area (Å²) in [6, 6.07) is 20.1. The fraction of sp³-hybridized carbons (Fsp3) is 0.360. The molecular formula is C25H24Cl2N4. The summed E-state index contributed by atoms with van der Waals surface area (Å²) in [7, 11) is 0. The molecule has 1 aromatic heterocycles. The third kappa shape index (κ3) is 3.24. The van der Waals surface area contributed by atoms with Crippen LogP contribution in [0, 0.1) is 0 Å². The number of anilines is 1. The molecule has 6 rings (SSSR count). The summed E-state index contributed by atoms with van der Waals surface area (Å²) in [6.45, 7) is 3.20. The average molecular weight is 451 g/mol. The van der Waals surface area contributed by atoms with Crippen LogP contribution in [0.2, 0.25) is 10.3 Å². The van der Waals surface area contributed by atoms with Crippen molar-refractivity contribution in [1.82, 2.24) is 14.9 Å². The number of hydrogen-bond donors (Lipinski definition) is 1. The van der Waals surface area contributed by atoms with Crippen LogP contribution in [0.25, 0.3) is 0 Å². The molecule has 2 bridgehead atoms. The molecule has 0 radical (unpaired) electrons. The molecule has 6 heteroatoms. The van der Waals surface area contributed by atoms with E-state index in [4.69, 9.17) is 23.2 Å². The number of piperidine rings is 1. The zero-order valence-electron chi connectivity index (χ0n) is 17.2. The minimum atomic E-state index is 0.127. The van der Waals surface area contributed by atoms with Crippen molar-refractivity contribution < 1.29 is 0 Å². The van der Waals surface area contributed by atoms with Crippen LogP contribution in [-0.4, -0.2) is 40.5 Å². The third-order valence-electron chi connectivity index (χ3n) is 7.33. The van der Waals surface area contributed by atoms with Gasteiger partial charge in [0, 0.05) is 43.1 Å². The first kappa shape index (κ1) is 19.5. The van der Waals surface area contributed by atoms with Crippen molar-refractivity contribution >= 4 is 29.2 Å². The van der Waals surface area contributed by atoms with Crippen LogP contribution in [0.4, 0.5) is 5.95 Å². The molecule has 0 atom stereocenters. The number of hydrogen-bond acceptors (Lipinski definition) is 4. The molecule has 1 aliphatic heterocycles. The number of likely N-dealkylation sites (tertiary alicyclic amines) is 1. The summed E-state index contributed by atoms with van der Waals surface area (Å²) in [5.74, 6) is 1.07. The van der Waals surface area contributed by atoms with Gasteiger partial charge in [-0.15, -0.1) is 0 Å². The van der Waals surface area contributed by atoms with E-state index in [9.17, 15) is 0 Å². The molecule has 3 aliphatic rings. The number of aromatic nitrogens is 2. The van der Waals surface area contributed by atoms with Gasteiger partial charge in [0.2, 0.25) is 5.95 Å². The molecule has 31 heavy (non-hydrogen) atoms. The molecule has 0 unspecified atom stereocenters. The predicted molar refractivity (Wildman–Crippen MR) is 125 cm³/mol. The molecular weight excluding hydrogens is 427 g/mol. The maximum Gasteiger partial charge on any atom is 0.225 e. The molecule has 1 N–H and O–H groups in total. The average Bonchev–Trinajstić information content (AvgIpc) is 3.27. The SMILES string of the molecule is Clc1cc(Cl)nc(NC2CCN(CC34CC(c5ccccc53)c3ccccc34)CC2)n1. The second kappa shape index (κ2) is 7.47. The number of rotatable bonds is 4. The van der Waals surface area contributed by atoms with Gasteiger partial charge >= 0.3 is 0 Å². The van der Waals surface area contributed by atoms with E-state index in [1.54, 1.807) is 17.2 Å². The topological polar surface area (TPSA) is 41.1 Å². The Kier molecular flexibility index (Phi) is 4.71. The Morgan fingerprint density at radius 1 is 0.903 bits per heavy atom. The fourth-order valence-corrected chi connectivity index (χ4v) is 6.49. The molecule has 2 aromatic carbocycles. The zero-order valence-corrected chi connectivity index (χ0v) is 18.7. The van der Waals surface area contributed by atoms with Crippen LogP contribution in [0.5, 0.6) is 0 Å². The molecule has 1 saturated heterocycles. The Morgan fingerprint density at radius 2 is 1.48 bits per heavy atom. The van der Waals surface area contributed by atoms with Crippen molar-refractivity contribution in [3.8, 4) is 0 Å². The number of benzene rings is 2. The maximum atomic E-state index is 6.02. The van der Waals surface area contributed by atoms with Gasteiger partial charge < -0.3 is 10.2 Å². The lowest BCUT2D eigenvalue weighted by atomic mass is 9.74. The normalized spacial score (nSPS) is 24.8. The molecule has 2 heterocycles. The molecule has 0 spiro atoms. The quantitative estimate of drug-likeness (QED) is 0.533. The van der Waals surface area contributed by atoms with E-state index < -0.39 is 0 Å². The number of nitrogens with zero attached hydrogens (tertiary/aromatic N) is 3. The third-order valence-corrected chi connectivity index (χ3v) is 7.72. The predicted octanol–water partition coefficient (Wildman–Crippen LogP) is 5.50. The summed E-state index contributed by atoms with van der Waals surface area (Å²) < 4.78 is 0. The fourth-order valence-electron chi connectivity index (χ4n) is 6.06. The smallest absolute Gasteiger partial charge is 0.225 e. The van der Waals surface area contributed by atoms with E-state index in [0.717, 1.165) is 32.5 Å². The molecule has 0 amide bonds. The lowest BCUT2D eigenvalue weighted by Crippen LogP contribution is -2.46. The van der Waals surface area contributed by atoms with E-state index >= 15 is 0 Å². The van der Waals surface area contributed by atoms with Crippen molar-refractivity contribution in [3.05, 3.63) is 87.2 Å². The van der Waals surface area contributed by atoms with Crippen molar-refractivity contribution in [2.75, 3.05) is 25.0 Å². The Hall–Kier alpha value is -2.14. The molecule has 158 valence electrons. The largest absolute Gasteiger partial charge is 0.351 e. The minimum Gasteiger partial charge on any atom is -0.351 e. The maximum absolute atomic E-state index is 6.02. The van der Waals surface area contributed by atoms with Crippen LogP contribution in [0.3, 0.4) is 0 Å². The first-order valence-electron chi connectivity index (χ1n) is 11.0. The second-order valence-electron chi connectivity index (χ2n) is 9.05. The summed E-state index contributed by atoms with van der Waals surface area (Å²) in [6.07, 6.45) is 3.31. The van der Waals surface area contributed by atoms with Gasteiger partial charge in [-0.25, -0.2) is 9.97 Å². The monoisotopic (exact) mass is 450 g/mol. The summed E-state index contributed by atoms with van der Waals surface area (Å²) in [5.41, 5.74) is 6.28. The van der Waals surface area contributed by atoms with E-state index in [1.807, 2.05) is 0 Å². The highest BCUT2D eigenvalue weighted by molar-refractivity contribution is 6.33. The van der Waals surface area contributed by atoms with Crippen LogP contribution in [0.1, 0.15) is 47.4 Å². The van der Waals surface area contributed by atoms with Crippen LogP contribution >= 0.6 is 23.2 Å². The number of fused-ring (bicyclic) bond motifs is 8. The Labute approximate surface area is 192 Å². The van der Waals surface area contributed by atoms with Gasteiger partial charge in [0.05, 0.1) is 0 Å². The standard InChI is InChI=1S/C25H24Cl2N4/c26-22-13-23(27)30-24(29-22)28-16-9-11-31(12-10-16)15-25-14-19(17-5-1-3-7-20(17)25)18-6-2-4-8-21(18)25/h1-8,13,16,19H,9-12,14-15H2,(H,28,29,30). The van der Waals surface area contributed by atoms with Gasteiger partial charge in [0.15, 0.2) is 0 Å². The van der Waals surface area contributed by atoms with Crippen LogP contribution in [-0.2, 0) is 5.41 Å². The van der Waals surface area contributed by atoms with E-state index in [1.165, 1.54) is 17.5 Å². The Bertz CT molecular complexity index is 1070. The minimum absolute atomic E-state index is 0.127. The highest BCUT2D eigenvalue weighted by Gasteiger charge is 2.53. The van der Waals surface area contributed by atoms with Gasteiger partial charge in [-0.05, 0) is 41.5 Å². The zero-order chi connectivity index (χ0) is 21.0. The lowest BCUT2D eigenvalue weighted by molar-refractivity contribution is 0.186. The van der Waals surface area contributed by atoms with E-state index in [0.29, 0.717) is 28.2 Å².